The van der Waals surface area contributed by atoms with Crippen molar-refractivity contribution < 1.29 is 34.1 Å². The van der Waals surface area contributed by atoms with Crippen LogP contribution in [0.1, 0.15) is 41.8 Å². The van der Waals surface area contributed by atoms with Crippen molar-refractivity contribution in [2.75, 3.05) is 6.61 Å². The first-order valence-corrected chi connectivity index (χ1v) is 11.6. The van der Waals surface area contributed by atoms with E-state index in [4.69, 9.17) is 14.6 Å². The number of imide groups is 1. The van der Waals surface area contributed by atoms with Crippen molar-refractivity contribution in [1.29, 1.82) is 0 Å². The molecule has 10 heteroatoms. The van der Waals surface area contributed by atoms with Crippen LogP contribution in [-0.4, -0.2) is 40.9 Å². The summed E-state index contributed by atoms with van der Waals surface area (Å²) < 4.78 is 12.3. The first kappa shape index (κ1) is 26.6. The van der Waals surface area contributed by atoms with Gasteiger partial charge in [0.15, 0.2) is 6.10 Å². The largest absolute Gasteiger partial charge is 0.506 e. The third-order valence-electron chi connectivity index (χ3n) is 4.45. The molecule has 2 rings (SSSR count). The maximum atomic E-state index is 12.6. The van der Waals surface area contributed by atoms with E-state index in [2.05, 4.69) is 37.2 Å². The SMILES string of the molecule is CCO[C@H](CC/C=C/C(=O)O)[C@H](OC(=O)NC(=O)c1ccccc1)c1cc(Br)cc(Br)c1O. The number of halogens is 2. The highest BCUT2D eigenvalue weighted by molar-refractivity contribution is 9.11. The predicted molar refractivity (Wildman–Crippen MR) is 128 cm³/mol. The lowest BCUT2D eigenvalue weighted by atomic mass is 9.99. The fourth-order valence-corrected chi connectivity index (χ4v) is 4.28. The number of hydrogen-bond donors (Lipinski definition) is 3. The molecule has 0 heterocycles. The van der Waals surface area contributed by atoms with Crippen LogP contribution < -0.4 is 5.32 Å². The molecule has 2 aromatic rings. The van der Waals surface area contributed by atoms with Gasteiger partial charge in [-0.05, 0) is 60.0 Å². The number of aromatic hydroxyl groups is 1. The monoisotopic (exact) mass is 583 g/mol. The number of carboxylic acids is 1. The van der Waals surface area contributed by atoms with Crippen molar-refractivity contribution >= 4 is 49.8 Å². The van der Waals surface area contributed by atoms with Crippen LogP contribution in [0, 0.1) is 0 Å². The molecule has 0 unspecified atom stereocenters. The summed E-state index contributed by atoms with van der Waals surface area (Å²) in [5, 5.41) is 21.6. The number of carbonyl (C=O) groups is 3. The van der Waals surface area contributed by atoms with Gasteiger partial charge in [-0.3, -0.25) is 10.1 Å². The second-order valence-electron chi connectivity index (χ2n) is 6.78. The number of ether oxygens (including phenoxy) is 2. The lowest BCUT2D eigenvalue weighted by molar-refractivity contribution is -0.131. The molecule has 0 aliphatic rings. The van der Waals surface area contributed by atoms with Gasteiger partial charge >= 0.3 is 12.1 Å². The summed E-state index contributed by atoms with van der Waals surface area (Å²) in [5.74, 6) is -1.88. The van der Waals surface area contributed by atoms with E-state index >= 15 is 0 Å². The lowest BCUT2D eigenvalue weighted by Gasteiger charge is -2.28. The van der Waals surface area contributed by atoms with Crippen LogP contribution in [0.2, 0.25) is 0 Å². The average molecular weight is 585 g/mol. The molecule has 176 valence electrons. The standard InChI is InChI=1S/C23H23Br2NO7/c1-2-32-18(10-6-7-11-19(27)28)21(16-12-15(24)13-17(25)20(16)29)33-23(31)26-22(30)14-8-4-3-5-9-14/h3-5,7-9,11-13,18,21,29H,2,6,10H2,1H3,(H,27,28)(H,26,30,31)/b11-7+/t18-,21-/m1/s1. The Kier molecular flexibility index (Phi) is 10.6. The molecule has 0 aromatic heterocycles. The molecular weight excluding hydrogens is 562 g/mol. The van der Waals surface area contributed by atoms with Crippen LogP contribution in [-0.2, 0) is 14.3 Å². The molecule has 0 aliphatic carbocycles. The molecule has 0 spiro atoms. The average Bonchev–Trinajstić information content (AvgIpc) is 2.77. The second-order valence-corrected chi connectivity index (χ2v) is 8.55. The van der Waals surface area contributed by atoms with Crippen molar-refractivity contribution in [2.24, 2.45) is 0 Å². The van der Waals surface area contributed by atoms with E-state index in [0.29, 0.717) is 15.4 Å². The molecule has 3 N–H and O–H groups in total. The number of phenols is 1. The fraction of sp³-hybridized carbons (Fsp3) is 0.261. The molecule has 2 aromatic carbocycles. The summed E-state index contributed by atoms with van der Waals surface area (Å²) >= 11 is 6.61. The van der Waals surface area contributed by atoms with Gasteiger partial charge in [0.05, 0.1) is 10.6 Å². The predicted octanol–water partition coefficient (Wildman–Crippen LogP) is 5.35. The molecule has 0 bridgehead atoms. The van der Waals surface area contributed by atoms with Crippen LogP contribution in [0.15, 0.2) is 63.6 Å². The molecule has 0 radical (unpaired) electrons. The minimum absolute atomic E-state index is 0.156. The minimum atomic E-state index is -1.10. The fourth-order valence-electron chi connectivity index (χ4n) is 3.02. The summed E-state index contributed by atoms with van der Waals surface area (Å²) in [6.07, 6.45) is 0.218. The minimum Gasteiger partial charge on any atom is -0.506 e. The number of phenolic OH excluding ortho intramolecular Hbond substituents is 1. The number of hydrogen-bond acceptors (Lipinski definition) is 6. The van der Waals surface area contributed by atoms with Crippen molar-refractivity contribution in [3.63, 3.8) is 0 Å². The third-order valence-corrected chi connectivity index (χ3v) is 5.51. The lowest BCUT2D eigenvalue weighted by Crippen LogP contribution is -2.35. The molecule has 0 aliphatic heterocycles. The summed E-state index contributed by atoms with van der Waals surface area (Å²) in [6.45, 7) is 2.03. The zero-order valence-electron chi connectivity index (χ0n) is 17.7. The number of aliphatic carboxylic acids is 1. The Balaban J connectivity index is 2.31. The zero-order chi connectivity index (χ0) is 24.4. The van der Waals surface area contributed by atoms with Gasteiger partial charge in [0.2, 0.25) is 0 Å². The number of amides is 2. The van der Waals surface area contributed by atoms with E-state index < -0.39 is 30.2 Å². The highest BCUT2D eigenvalue weighted by atomic mass is 79.9. The Morgan fingerprint density at radius 1 is 1.15 bits per heavy atom. The van der Waals surface area contributed by atoms with Gasteiger partial charge in [0.1, 0.15) is 5.75 Å². The van der Waals surface area contributed by atoms with E-state index in [1.807, 2.05) is 0 Å². The second kappa shape index (κ2) is 13.1. The van der Waals surface area contributed by atoms with Crippen molar-refractivity contribution in [3.8, 4) is 5.75 Å². The van der Waals surface area contributed by atoms with Crippen LogP contribution in [0.3, 0.4) is 0 Å². The van der Waals surface area contributed by atoms with Crippen LogP contribution in [0.4, 0.5) is 4.79 Å². The maximum Gasteiger partial charge on any atom is 0.414 e. The molecule has 33 heavy (non-hydrogen) atoms. The molecule has 8 nitrogen and oxygen atoms in total. The zero-order valence-corrected chi connectivity index (χ0v) is 20.8. The Morgan fingerprint density at radius 3 is 2.48 bits per heavy atom. The summed E-state index contributed by atoms with van der Waals surface area (Å²) in [6, 6.07) is 11.4. The summed E-state index contributed by atoms with van der Waals surface area (Å²) in [5.41, 5.74) is 0.526. The summed E-state index contributed by atoms with van der Waals surface area (Å²) in [7, 11) is 0. The van der Waals surface area contributed by atoms with Gasteiger partial charge in [-0.15, -0.1) is 0 Å². The number of allylic oxidation sites excluding steroid dienone is 1. The van der Waals surface area contributed by atoms with Crippen molar-refractivity contribution in [3.05, 3.63) is 74.7 Å². The highest BCUT2D eigenvalue weighted by Gasteiger charge is 2.31. The maximum absolute atomic E-state index is 12.6. The molecule has 0 saturated carbocycles. The first-order chi connectivity index (χ1) is 15.7. The van der Waals surface area contributed by atoms with E-state index in [0.717, 1.165) is 6.08 Å². The Hall–Kier alpha value is -2.69. The number of alkyl carbamates (subject to hydrolysis) is 1. The molecule has 2 atom stereocenters. The van der Waals surface area contributed by atoms with Crippen LogP contribution in [0.25, 0.3) is 0 Å². The van der Waals surface area contributed by atoms with Crippen molar-refractivity contribution in [2.45, 2.75) is 32.0 Å². The van der Waals surface area contributed by atoms with Crippen molar-refractivity contribution in [1.82, 2.24) is 5.32 Å². The highest BCUT2D eigenvalue weighted by Crippen LogP contribution is 2.39. The number of carbonyl (C=O) groups excluding carboxylic acids is 2. The van der Waals surface area contributed by atoms with Crippen LogP contribution in [0.5, 0.6) is 5.75 Å². The van der Waals surface area contributed by atoms with E-state index in [-0.39, 0.29) is 29.9 Å². The quantitative estimate of drug-likeness (QED) is 0.322. The number of carboxylic acid groups (broad SMARTS) is 1. The van der Waals surface area contributed by atoms with E-state index in [1.54, 1.807) is 49.4 Å². The van der Waals surface area contributed by atoms with Crippen LogP contribution >= 0.6 is 31.9 Å². The number of benzene rings is 2. The van der Waals surface area contributed by atoms with Gasteiger partial charge in [-0.2, -0.15) is 0 Å². The van der Waals surface area contributed by atoms with Gasteiger partial charge in [-0.25, -0.2) is 9.59 Å². The molecule has 0 saturated heterocycles. The third kappa shape index (κ3) is 8.30. The number of rotatable bonds is 10. The van der Waals surface area contributed by atoms with E-state index in [1.165, 1.54) is 6.08 Å². The first-order valence-electron chi connectivity index (χ1n) is 9.98. The smallest absolute Gasteiger partial charge is 0.414 e. The molecule has 0 fully saturated rings. The normalized spacial score (nSPS) is 12.8. The topological polar surface area (TPSA) is 122 Å². The Bertz CT molecular complexity index is 1010. The van der Waals surface area contributed by atoms with Gasteiger partial charge in [-0.1, -0.05) is 40.2 Å². The Labute approximate surface area is 207 Å². The Morgan fingerprint density at radius 2 is 1.85 bits per heavy atom. The molecular formula is C23H23Br2NO7. The van der Waals surface area contributed by atoms with Gasteiger partial charge in [0, 0.05) is 28.3 Å². The van der Waals surface area contributed by atoms with E-state index in [9.17, 15) is 19.5 Å². The molecule has 2 amide bonds. The van der Waals surface area contributed by atoms with Gasteiger partial charge in [0.25, 0.3) is 5.91 Å². The number of nitrogens with one attached hydrogen (secondary N) is 1. The summed E-state index contributed by atoms with van der Waals surface area (Å²) in [4.78, 5) is 35.7. The van der Waals surface area contributed by atoms with Gasteiger partial charge < -0.3 is 19.7 Å².